The second-order valence-electron chi connectivity index (χ2n) is 5.84. The van der Waals surface area contributed by atoms with Crippen LogP contribution >= 0.6 is 23.4 Å². The van der Waals surface area contributed by atoms with Crippen LogP contribution in [0.15, 0.2) is 47.4 Å². The summed E-state index contributed by atoms with van der Waals surface area (Å²) < 4.78 is 26.2. The second kappa shape index (κ2) is 9.25. The number of amides is 2. The molecule has 0 heterocycles. The molecule has 0 aliphatic rings. The van der Waals surface area contributed by atoms with Crippen LogP contribution in [0.25, 0.3) is 0 Å². The molecule has 9 heteroatoms. The maximum absolute atomic E-state index is 12.1. The summed E-state index contributed by atoms with van der Waals surface area (Å²) in [6.45, 7) is 3.65. The van der Waals surface area contributed by atoms with Gasteiger partial charge >= 0.3 is 0 Å². The van der Waals surface area contributed by atoms with Gasteiger partial charge in [0, 0.05) is 10.7 Å². The number of sulfonamides is 1. The van der Waals surface area contributed by atoms with E-state index in [0.717, 1.165) is 22.9 Å². The highest BCUT2D eigenvalue weighted by atomic mass is 35.5. The van der Waals surface area contributed by atoms with Gasteiger partial charge in [-0.05, 0) is 49.7 Å². The van der Waals surface area contributed by atoms with Gasteiger partial charge in [-0.25, -0.2) is 13.1 Å². The predicted octanol–water partition coefficient (Wildman–Crippen LogP) is 3.13. The number of thioether (sulfide) groups is 1. The average molecular weight is 427 g/mol. The molecule has 0 aliphatic heterocycles. The molecular formula is C18H19ClN2O4S2. The van der Waals surface area contributed by atoms with Crippen molar-refractivity contribution in [3.63, 3.8) is 0 Å². The van der Waals surface area contributed by atoms with Gasteiger partial charge in [0.2, 0.25) is 11.8 Å². The summed E-state index contributed by atoms with van der Waals surface area (Å²) >= 11 is 6.89. The third-order valence-corrected chi connectivity index (χ3v) is 6.07. The lowest BCUT2D eigenvalue weighted by atomic mass is 10.2. The highest BCUT2D eigenvalue weighted by molar-refractivity contribution is 8.00. The zero-order chi connectivity index (χ0) is 20.0. The van der Waals surface area contributed by atoms with Gasteiger partial charge in [-0.3, -0.25) is 9.59 Å². The van der Waals surface area contributed by atoms with E-state index in [0.29, 0.717) is 10.7 Å². The van der Waals surface area contributed by atoms with Crippen LogP contribution in [0.5, 0.6) is 0 Å². The fourth-order valence-electron chi connectivity index (χ4n) is 2.15. The van der Waals surface area contributed by atoms with Crippen molar-refractivity contribution >= 4 is 50.9 Å². The first-order valence-electron chi connectivity index (χ1n) is 7.93. The molecule has 0 atom stereocenters. The molecule has 144 valence electrons. The Balaban J connectivity index is 1.81. The van der Waals surface area contributed by atoms with Crippen LogP contribution in [0.2, 0.25) is 5.02 Å². The summed E-state index contributed by atoms with van der Waals surface area (Å²) in [5.74, 6) is -1.12. The molecule has 6 nitrogen and oxygen atoms in total. The molecule has 2 aromatic carbocycles. The van der Waals surface area contributed by atoms with Gasteiger partial charge < -0.3 is 5.32 Å². The molecule has 2 N–H and O–H groups in total. The van der Waals surface area contributed by atoms with Crippen LogP contribution < -0.4 is 10.0 Å². The van der Waals surface area contributed by atoms with Crippen molar-refractivity contribution in [3.8, 4) is 0 Å². The van der Waals surface area contributed by atoms with E-state index in [1.54, 1.807) is 30.3 Å². The van der Waals surface area contributed by atoms with Crippen LogP contribution in [0.3, 0.4) is 0 Å². The van der Waals surface area contributed by atoms with Gasteiger partial charge in [0.05, 0.1) is 16.4 Å². The van der Waals surface area contributed by atoms with Crippen molar-refractivity contribution in [2.45, 2.75) is 18.7 Å². The highest BCUT2D eigenvalue weighted by Gasteiger charge is 2.17. The summed E-state index contributed by atoms with van der Waals surface area (Å²) in [5.41, 5.74) is 2.37. The number of benzene rings is 2. The summed E-state index contributed by atoms with van der Waals surface area (Å²) in [6.07, 6.45) is 0. The van der Waals surface area contributed by atoms with Gasteiger partial charge in [-0.15, -0.1) is 11.8 Å². The standard InChI is InChI=1S/C18H19ClN2O4S2/c1-12-3-6-15(7-4-12)27(24,25)21-18(23)11-26-10-17(22)20-16-8-5-14(19)9-13(16)2/h3-9H,10-11H2,1-2H3,(H,20,22)(H,21,23). The van der Waals surface area contributed by atoms with E-state index in [1.807, 2.05) is 18.6 Å². The van der Waals surface area contributed by atoms with Gasteiger partial charge in [-0.2, -0.15) is 0 Å². The molecule has 0 saturated carbocycles. The van der Waals surface area contributed by atoms with E-state index >= 15 is 0 Å². The van der Waals surface area contributed by atoms with Gasteiger partial charge in [0.15, 0.2) is 0 Å². The highest BCUT2D eigenvalue weighted by Crippen LogP contribution is 2.19. The molecule has 0 aliphatic carbocycles. The lowest BCUT2D eigenvalue weighted by Crippen LogP contribution is -2.32. The molecule has 27 heavy (non-hydrogen) atoms. The van der Waals surface area contributed by atoms with Gasteiger partial charge in [0.1, 0.15) is 0 Å². The smallest absolute Gasteiger partial charge is 0.264 e. The van der Waals surface area contributed by atoms with Crippen molar-refractivity contribution in [2.75, 3.05) is 16.8 Å². The molecular weight excluding hydrogens is 408 g/mol. The molecule has 2 aromatic rings. The summed E-state index contributed by atoms with van der Waals surface area (Å²) in [6, 6.07) is 11.3. The third kappa shape index (κ3) is 6.57. The summed E-state index contributed by atoms with van der Waals surface area (Å²) in [5, 5.41) is 3.30. The van der Waals surface area contributed by atoms with E-state index in [9.17, 15) is 18.0 Å². The van der Waals surface area contributed by atoms with Crippen molar-refractivity contribution in [1.29, 1.82) is 0 Å². The minimum absolute atomic E-state index is 0.0140. The molecule has 0 fully saturated rings. The number of halogens is 1. The number of carbonyl (C=O) groups excluding carboxylic acids is 2. The first kappa shape index (κ1) is 21.3. The Labute approximate surface area is 167 Å². The Kier molecular flexibility index (Phi) is 7.29. The maximum Gasteiger partial charge on any atom is 0.264 e. The fourth-order valence-corrected chi connectivity index (χ4v) is 4.07. The Morgan fingerprint density at radius 1 is 1.00 bits per heavy atom. The predicted molar refractivity (Wildman–Crippen MR) is 109 cm³/mol. The first-order chi connectivity index (χ1) is 12.7. The van der Waals surface area contributed by atoms with Crippen molar-refractivity contribution in [3.05, 3.63) is 58.6 Å². The lowest BCUT2D eigenvalue weighted by molar-refractivity contribution is -0.116. The molecule has 0 aromatic heterocycles. The van der Waals surface area contributed by atoms with E-state index in [2.05, 4.69) is 5.32 Å². The fraction of sp³-hybridized carbons (Fsp3) is 0.222. The molecule has 0 bridgehead atoms. The summed E-state index contributed by atoms with van der Waals surface area (Å²) in [7, 11) is -3.91. The molecule has 0 unspecified atom stereocenters. The van der Waals surface area contributed by atoms with Crippen LogP contribution in [-0.2, 0) is 19.6 Å². The zero-order valence-electron chi connectivity index (χ0n) is 14.8. The van der Waals surface area contributed by atoms with E-state index in [-0.39, 0.29) is 22.3 Å². The number of hydrogen-bond donors (Lipinski definition) is 2. The zero-order valence-corrected chi connectivity index (χ0v) is 17.2. The topological polar surface area (TPSA) is 92.3 Å². The third-order valence-electron chi connectivity index (χ3n) is 3.51. The van der Waals surface area contributed by atoms with E-state index in [1.165, 1.54) is 12.1 Å². The molecule has 0 saturated heterocycles. The second-order valence-corrected chi connectivity index (χ2v) is 8.95. The molecule has 0 spiro atoms. The number of nitrogens with one attached hydrogen (secondary N) is 2. The average Bonchev–Trinajstić information content (AvgIpc) is 2.57. The quantitative estimate of drug-likeness (QED) is 0.709. The minimum Gasteiger partial charge on any atom is -0.325 e. The number of anilines is 1. The maximum atomic E-state index is 12.1. The SMILES string of the molecule is Cc1ccc(S(=O)(=O)NC(=O)CSCC(=O)Nc2ccc(Cl)cc2C)cc1. The monoisotopic (exact) mass is 426 g/mol. The largest absolute Gasteiger partial charge is 0.325 e. The molecule has 2 rings (SSSR count). The minimum atomic E-state index is -3.91. The van der Waals surface area contributed by atoms with E-state index in [4.69, 9.17) is 11.6 Å². The summed E-state index contributed by atoms with van der Waals surface area (Å²) in [4.78, 5) is 23.8. The van der Waals surface area contributed by atoms with Crippen LogP contribution in [-0.4, -0.2) is 31.7 Å². The Morgan fingerprint density at radius 3 is 2.26 bits per heavy atom. The van der Waals surface area contributed by atoms with Crippen molar-refractivity contribution in [1.82, 2.24) is 4.72 Å². The number of hydrogen-bond acceptors (Lipinski definition) is 5. The van der Waals surface area contributed by atoms with Gasteiger partial charge in [-0.1, -0.05) is 29.3 Å². The Hall–Kier alpha value is -2.03. The molecule has 2 amide bonds. The number of aryl methyl sites for hydroxylation is 2. The van der Waals surface area contributed by atoms with Crippen LogP contribution in [0.1, 0.15) is 11.1 Å². The van der Waals surface area contributed by atoms with Crippen LogP contribution in [0.4, 0.5) is 5.69 Å². The van der Waals surface area contributed by atoms with Gasteiger partial charge in [0.25, 0.3) is 10.0 Å². The number of rotatable bonds is 7. The van der Waals surface area contributed by atoms with Crippen molar-refractivity contribution < 1.29 is 18.0 Å². The molecule has 0 radical (unpaired) electrons. The van der Waals surface area contributed by atoms with E-state index < -0.39 is 15.9 Å². The Bertz CT molecular complexity index is 944. The normalized spacial score (nSPS) is 11.1. The van der Waals surface area contributed by atoms with Crippen molar-refractivity contribution in [2.24, 2.45) is 0 Å². The lowest BCUT2D eigenvalue weighted by Gasteiger charge is -2.09. The van der Waals surface area contributed by atoms with Crippen LogP contribution in [0, 0.1) is 13.8 Å². The Morgan fingerprint density at radius 2 is 1.63 bits per heavy atom. The number of carbonyl (C=O) groups is 2. The first-order valence-corrected chi connectivity index (χ1v) is 10.9.